The summed E-state index contributed by atoms with van der Waals surface area (Å²) in [7, 11) is 0. The average Bonchev–Trinajstić information content (AvgIpc) is 3.80. The maximum atomic E-state index is 5.31. The maximum absolute atomic E-state index is 5.31. The van der Waals surface area contributed by atoms with Gasteiger partial charge in [0, 0.05) is 38.4 Å². The number of hydrogen-bond donors (Lipinski definition) is 0. The van der Waals surface area contributed by atoms with E-state index in [4.69, 9.17) is 15.0 Å². The van der Waals surface area contributed by atoms with Crippen LogP contribution in [0, 0.1) is 0 Å². The minimum absolute atomic E-state index is 0.568. The molecule has 3 aromatic heterocycles. The molecule has 0 aliphatic rings. The molecule has 0 saturated heterocycles. The van der Waals surface area contributed by atoms with Gasteiger partial charge in [0.25, 0.3) is 0 Å². The van der Waals surface area contributed by atoms with E-state index in [0.717, 1.165) is 71.6 Å². The quantitative estimate of drug-likeness (QED) is 0.172. The molecule has 0 fully saturated rings. The Morgan fingerprint density at radius 3 is 1.41 bits per heavy atom. The molecule has 11 aromatic rings. The van der Waals surface area contributed by atoms with E-state index in [1.807, 2.05) is 36.4 Å². The van der Waals surface area contributed by atoms with Crippen molar-refractivity contribution in [2.75, 3.05) is 0 Å². The highest BCUT2D eigenvalue weighted by molar-refractivity contribution is 6.29. The van der Waals surface area contributed by atoms with Gasteiger partial charge in [-0.3, -0.25) is 4.57 Å². The molecule has 0 aliphatic carbocycles. The molecule has 0 unspecified atom stereocenters. The van der Waals surface area contributed by atoms with Crippen molar-refractivity contribution in [3.05, 3.63) is 200 Å². The van der Waals surface area contributed by atoms with E-state index in [9.17, 15) is 0 Å². The summed E-state index contributed by atoms with van der Waals surface area (Å²) in [6, 6.07) is 70.3. The summed E-state index contributed by atoms with van der Waals surface area (Å²) in [6.07, 6.45) is 0. The van der Waals surface area contributed by atoms with Gasteiger partial charge >= 0.3 is 0 Å². The van der Waals surface area contributed by atoms with Gasteiger partial charge in [-0.15, -0.1) is 0 Å². The van der Waals surface area contributed by atoms with Crippen LogP contribution < -0.4 is 0 Å². The second-order valence-corrected chi connectivity index (χ2v) is 14.0. The third-order valence-electron chi connectivity index (χ3n) is 10.8. The monoisotopic (exact) mass is 715 g/mol. The van der Waals surface area contributed by atoms with Crippen molar-refractivity contribution in [3.8, 4) is 56.7 Å². The number of rotatable bonds is 6. The van der Waals surface area contributed by atoms with Crippen molar-refractivity contribution in [3.63, 3.8) is 0 Å². The van der Waals surface area contributed by atoms with Crippen LogP contribution in [0.4, 0.5) is 0 Å². The molecule has 5 heteroatoms. The Balaban J connectivity index is 1.32. The van der Waals surface area contributed by atoms with Crippen LogP contribution in [0.1, 0.15) is 0 Å². The Kier molecular flexibility index (Phi) is 7.42. The number of para-hydroxylation sites is 2. The normalized spacial score (nSPS) is 11.6. The molecule has 3 heterocycles. The van der Waals surface area contributed by atoms with E-state index in [1.165, 1.54) is 11.1 Å². The Morgan fingerprint density at radius 1 is 0.321 bits per heavy atom. The van der Waals surface area contributed by atoms with Gasteiger partial charge in [-0.25, -0.2) is 4.98 Å². The van der Waals surface area contributed by atoms with Crippen LogP contribution in [-0.4, -0.2) is 24.1 Å². The number of aromatic nitrogens is 5. The molecule has 56 heavy (non-hydrogen) atoms. The second kappa shape index (κ2) is 13.0. The molecule has 0 bridgehead atoms. The molecular weight excluding hydrogens is 683 g/mol. The van der Waals surface area contributed by atoms with Gasteiger partial charge in [-0.05, 0) is 52.6 Å². The van der Waals surface area contributed by atoms with Crippen molar-refractivity contribution < 1.29 is 0 Å². The maximum Gasteiger partial charge on any atom is 0.238 e. The van der Waals surface area contributed by atoms with Crippen LogP contribution in [-0.2, 0) is 0 Å². The summed E-state index contributed by atoms with van der Waals surface area (Å²) in [5, 5.41) is 4.58. The Bertz CT molecular complexity index is 3160. The van der Waals surface area contributed by atoms with Crippen LogP contribution in [0.2, 0.25) is 0 Å². The summed E-state index contributed by atoms with van der Waals surface area (Å²) in [5.41, 5.74) is 11.9. The summed E-state index contributed by atoms with van der Waals surface area (Å²) >= 11 is 0. The van der Waals surface area contributed by atoms with Gasteiger partial charge in [0.05, 0.1) is 22.1 Å². The zero-order valence-corrected chi connectivity index (χ0v) is 30.3. The van der Waals surface area contributed by atoms with E-state index >= 15 is 0 Å². The fourth-order valence-corrected chi connectivity index (χ4v) is 8.29. The first-order valence-corrected chi connectivity index (χ1v) is 18.9. The van der Waals surface area contributed by atoms with Crippen LogP contribution in [0.15, 0.2) is 200 Å². The molecule has 0 spiro atoms. The SMILES string of the molecule is c1ccc(-c2cccc(-n3c4ccccc4c4c3cc(-c3ccccc3)c3c5ccccc5n(-c5nc(-c6ccccc6)nc(-c6ccccc6)n5)c34)c2)cc1. The third kappa shape index (κ3) is 5.13. The van der Waals surface area contributed by atoms with Crippen molar-refractivity contribution >= 4 is 43.6 Å². The van der Waals surface area contributed by atoms with Gasteiger partial charge in [0.15, 0.2) is 11.6 Å². The lowest BCUT2D eigenvalue weighted by atomic mass is 9.96. The molecule has 0 aliphatic heterocycles. The molecule has 0 radical (unpaired) electrons. The number of nitrogens with zero attached hydrogens (tertiary/aromatic N) is 5. The second-order valence-electron chi connectivity index (χ2n) is 14.0. The van der Waals surface area contributed by atoms with Crippen molar-refractivity contribution in [2.45, 2.75) is 0 Å². The summed E-state index contributed by atoms with van der Waals surface area (Å²) in [6.45, 7) is 0. The van der Waals surface area contributed by atoms with Gasteiger partial charge < -0.3 is 4.57 Å². The molecule has 8 aromatic carbocycles. The molecular formula is C51H33N5. The average molecular weight is 716 g/mol. The van der Waals surface area contributed by atoms with Crippen molar-refractivity contribution in [1.29, 1.82) is 0 Å². The molecule has 11 rings (SSSR count). The van der Waals surface area contributed by atoms with Crippen LogP contribution in [0.5, 0.6) is 0 Å². The number of fused-ring (bicyclic) bond motifs is 7. The van der Waals surface area contributed by atoms with Gasteiger partial charge in [0.2, 0.25) is 5.95 Å². The highest BCUT2D eigenvalue weighted by atomic mass is 15.2. The minimum atomic E-state index is 0.568. The molecule has 262 valence electrons. The lowest BCUT2D eigenvalue weighted by molar-refractivity contribution is 0.955. The minimum Gasteiger partial charge on any atom is -0.309 e. The van der Waals surface area contributed by atoms with E-state index < -0.39 is 0 Å². The van der Waals surface area contributed by atoms with E-state index in [1.54, 1.807) is 0 Å². The highest BCUT2D eigenvalue weighted by Crippen LogP contribution is 2.46. The largest absolute Gasteiger partial charge is 0.309 e. The van der Waals surface area contributed by atoms with E-state index in [0.29, 0.717) is 17.6 Å². The van der Waals surface area contributed by atoms with Gasteiger partial charge in [-0.2, -0.15) is 9.97 Å². The van der Waals surface area contributed by atoms with Crippen LogP contribution in [0.3, 0.4) is 0 Å². The Hall–Kier alpha value is -7.63. The van der Waals surface area contributed by atoms with E-state index in [2.05, 4.69) is 173 Å². The van der Waals surface area contributed by atoms with Gasteiger partial charge in [-0.1, -0.05) is 170 Å². The number of benzene rings is 8. The van der Waals surface area contributed by atoms with Crippen molar-refractivity contribution in [2.24, 2.45) is 0 Å². The Morgan fingerprint density at radius 2 is 0.804 bits per heavy atom. The predicted octanol–water partition coefficient (Wildman–Crippen LogP) is 12.7. The lowest BCUT2D eigenvalue weighted by Crippen LogP contribution is -2.06. The fraction of sp³-hybridized carbons (Fsp3) is 0. The first-order valence-electron chi connectivity index (χ1n) is 18.9. The first-order chi connectivity index (χ1) is 27.8. The first kappa shape index (κ1) is 31.9. The zero-order valence-electron chi connectivity index (χ0n) is 30.3. The van der Waals surface area contributed by atoms with E-state index in [-0.39, 0.29) is 0 Å². The highest BCUT2D eigenvalue weighted by Gasteiger charge is 2.26. The molecule has 0 amide bonds. The van der Waals surface area contributed by atoms with Crippen molar-refractivity contribution in [1.82, 2.24) is 24.1 Å². The van der Waals surface area contributed by atoms with Crippen LogP contribution >= 0.6 is 0 Å². The third-order valence-corrected chi connectivity index (χ3v) is 10.8. The molecule has 0 saturated carbocycles. The lowest BCUT2D eigenvalue weighted by Gasteiger charge is -2.14. The molecule has 0 atom stereocenters. The molecule has 0 N–H and O–H groups in total. The standard InChI is InChI=1S/C51H33N5/c1-5-18-34(19-6-1)38-26-17-27-39(32-38)55-43-30-15-14-29-41(43)47-45(55)33-42(35-20-7-2-8-21-35)46-40-28-13-16-31-44(40)56(48(46)47)51-53-49(36-22-9-3-10-23-36)52-50(54-51)37-24-11-4-12-25-37/h1-33H. The summed E-state index contributed by atoms with van der Waals surface area (Å²) in [4.78, 5) is 15.7. The summed E-state index contributed by atoms with van der Waals surface area (Å²) in [5.74, 6) is 1.81. The zero-order chi connectivity index (χ0) is 37.0. The predicted molar refractivity (Wildman–Crippen MR) is 230 cm³/mol. The summed E-state index contributed by atoms with van der Waals surface area (Å²) < 4.78 is 4.69. The smallest absolute Gasteiger partial charge is 0.238 e. The Labute approximate surface area is 323 Å². The van der Waals surface area contributed by atoms with Crippen LogP contribution in [0.25, 0.3) is 100 Å². The number of hydrogen-bond acceptors (Lipinski definition) is 3. The topological polar surface area (TPSA) is 48.5 Å². The van der Waals surface area contributed by atoms with Gasteiger partial charge in [0.1, 0.15) is 0 Å². The fourth-order valence-electron chi connectivity index (χ4n) is 8.29. The molecule has 5 nitrogen and oxygen atoms in total.